The van der Waals surface area contributed by atoms with Crippen LogP contribution in [0.1, 0.15) is 62.5 Å². The number of thiazole rings is 1. The summed E-state index contributed by atoms with van der Waals surface area (Å²) >= 11 is 1.60. The number of carbonyl (C=O) groups is 2. The fourth-order valence-corrected chi connectivity index (χ4v) is 5.68. The molecule has 2 aliphatic rings. The largest absolute Gasteiger partial charge is 0.474 e. The Hall–Kier alpha value is -3.81. The summed E-state index contributed by atoms with van der Waals surface area (Å²) in [7, 11) is 0. The third kappa shape index (κ3) is 5.22. The zero-order valence-corrected chi connectivity index (χ0v) is 20.4. The SMILES string of the molecule is N#Cc1cc(C(=O)N[C@H]2CC[C@H](Oc3ncccc3C(N)=O)CC2)cc(-c2nc3c(s2)CNCC3)c1. The van der Waals surface area contributed by atoms with E-state index in [-0.39, 0.29) is 29.5 Å². The quantitative estimate of drug-likeness (QED) is 0.470. The molecule has 1 aliphatic heterocycles. The van der Waals surface area contributed by atoms with Gasteiger partial charge in [-0.05, 0) is 56.0 Å². The van der Waals surface area contributed by atoms with Crippen molar-refractivity contribution in [2.24, 2.45) is 5.73 Å². The van der Waals surface area contributed by atoms with Crippen LogP contribution in [0.15, 0.2) is 36.5 Å². The van der Waals surface area contributed by atoms with E-state index in [1.807, 2.05) is 6.07 Å². The van der Waals surface area contributed by atoms with Crippen molar-refractivity contribution in [1.82, 2.24) is 20.6 Å². The fourth-order valence-electron chi connectivity index (χ4n) is 4.62. The zero-order chi connectivity index (χ0) is 25.1. The highest BCUT2D eigenvalue weighted by Crippen LogP contribution is 2.31. The number of pyridine rings is 1. The van der Waals surface area contributed by atoms with Crippen LogP contribution in [0, 0.1) is 11.3 Å². The topological polar surface area (TPSA) is 143 Å². The summed E-state index contributed by atoms with van der Waals surface area (Å²) in [4.78, 5) is 34.8. The van der Waals surface area contributed by atoms with Crippen LogP contribution in [-0.2, 0) is 13.0 Å². The average Bonchev–Trinajstić information content (AvgIpc) is 3.34. The van der Waals surface area contributed by atoms with Gasteiger partial charge in [0.05, 0.1) is 17.3 Å². The molecule has 0 spiro atoms. The molecule has 1 saturated carbocycles. The van der Waals surface area contributed by atoms with Crippen LogP contribution in [0.5, 0.6) is 5.88 Å². The maximum absolute atomic E-state index is 13.1. The van der Waals surface area contributed by atoms with E-state index >= 15 is 0 Å². The summed E-state index contributed by atoms with van der Waals surface area (Å²) in [5.74, 6) is -0.535. The van der Waals surface area contributed by atoms with Gasteiger partial charge in [-0.15, -0.1) is 11.3 Å². The summed E-state index contributed by atoms with van der Waals surface area (Å²) in [6.45, 7) is 1.71. The monoisotopic (exact) mass is 502 g/mol. The van der Waals surface area contributed by atoms with Crippen LogP contribution in [-0.4, -0.2) is 40.5 Å². The summed E-state index contributed by atoms with van der Waals surface area (Å²) in [6, 6.07) is 10.6. The minimum atomic E-state index is -0.576. The van der Waals surface area contributed by atoms with Crippen molar-refractivity contribution < 1.29 is 14.3 Å². The van der Waals surface area contributed by atoms with Gasteiger partial charge in [-0.3, -0.25) is 9.59 Å². The first kappa shape index (κ1) is 23.9. The molecule has 9 nitrogen and oxygen atoms in total. The number of nitrogens with one attached hydrogen (secondary N) is 2. The second-order valence-electron chi connectivity index (χ2n) is 9.01. The highest BCUT2D eigenvalue weighted by molar-refractivity contribution is 7.15. The molecule has 0 saturated heterocycles. The molecular weight excluding hydrogens is 476 g/mol. The van der Waals surface area contributed by atoms with Crippen molar-refractivity contribution >= 4 is 23.2 Å². The van der Waals surface area contributed by atoms with Crippen molar-refractivity contribution in [3.05, 3.63) is 63.8 Å². The number of rotatable bonds is 6. The highest BCUT2D eigenvalue weighted by Gasteiger charge is 2.26. The van der Waals surface area contributed by atoms with E-state index in [4.69, 9.17) is 15.5 Å². The van der Waals surface area contributed by atoms with Crippen molar-refractivity contribution in [1.29, 1.82) is 5.26 Å². The van der Waals surface area contributed by atoms with E-state index in [0.717, 1.165) is 48.6 Å². The Bertz CT molecular complexity index is 1320. The zero-order valence-electron chi connectivity index (χ0n) is 19.6. The molecular formula is C26H26N6O3S. The van der Waals surface area contributed by atoms with Crippen molar-refractivity contribution in [2.45, 2.75) is 50.8 Å². The molecule has 2 aromatic heterocycles. The van der Waals surface area contributed by atoms with E-state index < -0.39 is 5.91 Å². The van der Waals surface area contributed by atoms with Crippen LogP contribution in [0.4, 0.5) is 0 Å². The lowest BCUT2D eigenvalue weighted by Gasteiger charge is -2.29. The predicted molar refractivity (Wildman–Crippen MR) is 135 cm³/mol. The van der Waals surface area contributed by atoms with Gasteiger partial charge in [-0.1, -0.05) is 0 Å². The van der Waals surface area contributed by atoms with Gasteiger partial charge in [-0.25, -0.2) is 9.97 Å². The van der Waals surface area contributed by atoms with E-state index in [1.54, 1.807) is 41.8 Å². The molecule has 0 atom stereocenters. The standard InChI is InChI=1S/C26H26N6O3S/c27-13-15-10-16(12-17(11-15)26-32-21-7-9-29-14-22(21)36-26)24(34)31-18-3-5-19(6-4-18)35-25-20(23(28)33)2-1-8-30-25/h1-2,8,10-12,18-19,29H,3-7,9,14H2,(H2,28,33)(H,31,34)/t18-,19-. The van der Waals surface area contributed by atoms with Gasteiger partial charge in [-0.2, -0.15) is 5.26 Å². The number of nitriles is 1. The number of benzene rings is 1. The number of amides is 2. The minimum Gasteiger partial charge on any atom is -0.474 e. The van der Waals surface area contributed by atoms with Crippen molar-refractivity contribution in [2.75, 3.05) is 6.54 Å². The van der Waals surface area contributed by atoms with Crippen LogP contribution in [0.25, 0.3) is 10.6 Å². The Labute approximate surface area is 212 Å². The fraction of sp³-hybridized carbons (Fsp3) is 0.346. The van der Waals surface area contributed by atoms with E-state index in [0.29, 0.717) is 24.0 Å². The molecule has 1 aliphatic carbocycles. The minimum absolute atomic E-state index is 0.0101. The van der Waals surface area contributed by atoms with E-state index in [1.165, 1.54) is 4.88 Å². The second-order valence-corrected chi connectivity index (χ2v) is 10.1. The van der Waals surface area contributed by atoms with Crippen LogP contribution in [0.2, 0.25) is 0 Å². The third-order valence-electron chi connectivity index (χ3n) is 6.50. The molecule has 1 fully saturated rings. The van der Waals surface area contributed by atoms with Crippen molar-refractivity contribution in [3.63, 3.8) is 0 Å². The normalized spacial score (nSPS) is 19.1. The number of nitrogens with zero attached hydrogens (tertiary/aromatic N) is 3. The Morgan fingerprint density at radius 1 is 1.22 bits per heavy atom. The number of carbonyl (C=O) groups excluding carboxylic acids is 2. The summed E-state index contributed by atoms with van der Waals surface area (Å²) in [5, 5.41) is 16.8. The summed E-state index contributed by atoms with van der Waals surface area (Å²) in [5.41, 5.74) is 8.44. The maximum atomic E-state index is 13.1. The molecule has 2 amide bonds. The first-order valence-electron chi connectivity index (χ1n) is 12.0. The average molecular weight is 503 g/mol. The van der Waals surface area contributed by atoms with Crippen LogP contribution in [0.3, 0.4) is 0 Å². The Kier molecular flexibility index (Phi) is 6.93. The summed E-state index contributed by atoms with van der Waals surface area (Å²) in [6.07, 6.45) is 5.22. The van der Waals surface area contributed by atoms with Gasteiger partial charge in [0.1, 0.15) is 16.7 Å². The van der Waals surface area contributed by atoms with E-state index in [2.05, 4.69) is 21.7 Å². The van der Waals surface area contributed by atoms with Gasteiger partial charge in [0.2, 0.25) is 5.88 Å². The third-order valence-corrected chi connectivity index (χ3v) is 7.64. The molecule has 184 valence electrons. The predicted octanol–water partition coefficient (Wildman–Crippen LogP) is 2.94. The van der Waals surface area contributed by atoms with Gasteiger partial charge < -0.3 is 21.1 Å². The number of ether oxygens (including phenoxy) is 1. The number of hydrogen-bond acceptors (Lipinski definition) is 8. The number of hydrogen-bond donors (Lipinski definition) is 3. The highest BCUT2D eigenvalue weighted by atomic mass is 32.1. The molecule has 1 aromatic carbocycles. The Morgan fingerprint density at radius 3 is 2.81 bits per heavy atom. The molecule has 0 unspecified atom stereocenters. The number of nitrogens with two attached hydrogens (primary N) is 1. The molecule has 3 heterocycles. The number of primary amides is 1. The molecule has 5 rings (SSSR count). The molecule has 36 heavy (non-hydrogen) atoms. The first-order valence-corrected chi connectivity index (χ1v) is 12.8. The Morgan fingerprint density at radius 2 is 2.06 bits per heavy atom. The first-order chi connectivity index (χ1) is 17.5. The lowest BCUT2D eigenvalue weighted by molar-refractivity contribution is 0.0881. The van der Waals surface area contributed by atoms with Crippen molar-refractivity contribution in [3.8, 4) is 22.5 Å². The van der Waals surface area contributed by atoms with Gasteiger partial charge in [0.25, 0.3) is 11.8 Å². The molecule has 0 radical (unpaired) electrons. The summed E-state index contributed by atoms with van der Waals surface area (Å²) < 4.78 is 5.94. The lowest BCUT2D eigenvalue weighted by Crippen LogP contribution is -2.39. The molecule has 0 bridgehead atoms. The van der Waals surface area contributed by atoms with Crippen LogP contribution < -0.4 is 21.1 Å². The maximum Gasteiger partial charge on any atom is 0.254 e. The smallest absolute Gasteiger partial charge is 0.254 e. The molecule has 4 N–H and O–H groups in total. The van der Waals surface area contributed by atoms with Crippen LogP contribution >= 0.6 is 11.3 Å². The van der Waals surface area contributed by atoms with Gasteiger partial charge in [0.15, 0.2) is 0 Å². The second kappa shape index (κ2) is 10.4. The van der Waals surface area contributed by atoms with Gasteiger partial charge in [0, 0.05) is 47.8 Å². The molecule has 10 heteroatoms. The number of aromatic nitrogens is 2. The number of fused-ring (bicyclic) bond motifs is 1. The molecule has 3 aromatic rings. The van der Waals surface area contributed by atoms with E-state index in [9.17, 15) is 14.9 Å². The Balaban J connectivity index is 1.23. The lowest BCUT2D eigenvalue weighted by atomic mass is 9.92. The van der Waals surface area contributed by atoms with Gasteiger partial charge >= 0.3 is 0 Å².